The Bertz CT molecular complexity index is 363. The maximum atomic E-state index is 11.3. The summed E-state index contributed by atoms with van der Waals surface area (Å²) in [5.74, 6) is -0.0811. The summed E-state index contributed by atoms with van der Waals surface area (Å²) >= 11 is 0. The van der Waals surface area contributed by atoms with E-state index < -0.39 is 6.29 Å². The summed E-state index contributed by atoms with van der Waals surface area (Å²) < 4.78 is 4.82. The van der Waals surface area contributed by atoms with Crippen molar-refractivity contribution >= 4 is 5.97 Å². The van der Waals surface area contributed by atoms with Gasteiger partial charge < -0.3 is 9.84 Å². The Kier molecular flexibility index (Phi) is 4.51. The van der Waals surface area contributed by atoms with Crippen LogP contribution in [0.15, 0.2) is 12.2 Å². The number of rotatable bonds is 4. The van der Waals surface area contributed by atoms with Crippen molar-refractivity contribution in [3.63, 3.8) is 0 Å². The van der Waals surface area contributed by atoms with Crippen LogP contribution >= 0.6 is 0 Å². The van der Waals surface area contributed by atoms with Crippen molar-refractivity contribution < 1.29 is 14.6 Å². The summed E-state index contributed by atoms with van der Waals surface area (Å²) in [6.07, 6.45) is 0.198. The quantitative estimate of drug-likeness (QED) is 0.627. The van der Waals surface area contributed by atoms with E-state index in [0.717, 1.165) is 12.0 Å². The van der Waals surface area contributed by atoms with Crippen LogP contribution in [0.3, 0.4) is 0 Å². The van der Waals surface area contributed by atoms with Gasteiger partial charge in [0.25, 0.3) is 0 Å². The third-order valence-electron chi connectivity index (χ3n) is 4.59. The molecule has 0 amide bonds. The molecule has 19 heavy (non-hydrogen) atoms. The molecule has 0 aliphatic carbocycles. The molecular weight excluding hydrogens is 240 g/mol. The van der Waals surface area contributed by atoms with E-state index in [1.165, 1.54) is 0 Å². The second-order valence-corrected chi connectivity index (χ2v) is 7.57. The summed E-state index contributed by atoms with van der Waals surface area (Å²) in [6, 6.07) is 0. The minimum Gasteiger partial charge on any atom is -0.435 e. The lowest BCUT2D eigenvalue weighted by Gasteiger charge is -2.38. The molecule has 1 rings (SSSR count). The van der Waals surface area contributed by atoms with Gasteiger partial charge in [-0.25, -0.2) is 0 Å². The highest BCUT2D eigenvalue weighted by molar-refractivity contribution is 5.72. The van der Waals surface area contributed by atoms with Crippen LogP contribution in [0.1, 0.15) is 54.4 Å². The third kappa shape index (κ3) is 3.82. The molecule has 0 radical (unpaired) electrons. The second kappa shape index (κ2) is 5.28. The first-order chi connectivity index (χ1) is 8.45. The predicted octanol–water partition coefficient (Wildman–Crippen LogP) is 3.52. The molecule has 3 nitrogen and oxygen atoms in total. The molecule has 3 atom stereocenters. The largest absolute Gasteiger partial charge is 0.435 e. The van der Waals surface area contributed by atoms with E-state index in [0.29, 0.717) is 5.92 Å². The number of carbonyl (C=O) groups is 1. The first-order valence-corrected chi connectivity index (χ1v) is 7.02. The van der Waals surface area contributed by atoms with Crippen molar-refractivity contribution in [2.45, 2.75) is 60.7 Å². The normalized spacial score (nSPS) is 26.2. The molecule has 3 unspecified atom stereocenters. The standard InChI is InChI=1S/C16H28O3/c1-10(15(3,4)5)9-16(6,7)11(2)12-8-13(17)19-14(12)18/h10,12,14,18H,2,8-9H2,1,3-7H3. The van der Waals surface area contributed by atoms with Crippen LogP contribution in [-0.2, 0) is 9.53 Å². The highest BCUT2D eigenvalue weighted by atomic mass is 16.6. The van der Waals surface area contributed by atoms with E-state index in [-0.39, 0.29) is 29.1 Å². The number of aliphatic hydroxyl groups excluding tert-OH is 1. The topological polar surface area (TPSA) is 46.5 Å². The average molecular weight is 268 g/mol. The van der Waals surface area contributed by atoms with Crippen LogP contribution in [0.25, 0.3) is 0 Å². The fourth-order valence-corrected chi connectivity index (χ4v) is 2.55. The lowest BCUT2D eigenvalue weighted by molar-refractivity contribution is -0.155. The van der Waals surface area contributed by atoms with Crippen molar-refractivity contribution in [1.29, 1.82) is 0 Å². The van der Waals surface area contributed by atoms with E-state index in [4.69, 9.17) is 4.74 Å². The lowest BCUT2D eigenvalue weighted by Crippen LogP contribution is -2.30. The molecule has 1 saturated heterocycles. The van der Waals surface area contributed by atoms with Gasteiger partial charge in [-0.15, -0.1) is 0 Å². The van der Waals surface area contributed by atoms with Crippen LogP contribution in [-0.4, -0.2) is 17.4 Å². The highest BCUT2D eigenvalue weighted by Crippen LogP contribution is 2.44. The van der Waals surface area contributed by atoms with Crippen LogP contribution in [0.5, 0.6) is 0 Å². The van der Waals surface area contributed by atoms with Gasteiger partial charge >= 0.3 is 5.97 Å². The Morgan fingerprint density at radius 1 is 1.42 bits per heavy atom. The number of cyclic esters (lactones) is 1. The number of esters is 1. The fraction of sp³-hybridized carbons (Fsp3) is 0.812. The molecular formula is C16H28O3. The molecule has 1 fully saturated rings. The van der Waals surface area contributed by atoms with Gasteiger partial charge in [-0.3, -0.25) is 4.79 Å². The zero-order valence-corrected chi connectivity index (χ0v) is 13.1. The highest BCUT2D eigenvalue weighted by Gasteiger charge is 2.41. The average Bonchev–Trinajstić information content (AvgIpc) is 2.54. The minimum atomic E-state index is -1.02. The van der Waals surface area contributed by atoms with Crippen molar-refractivity contribution in [3.05, 3.63) is 12.2 Å². The van der Waals surface area contributed by atoms with Crippen LogP contribution in [0.2, 0.25) is 0 Å². The minimum absolute atomic E-state index is 0.119. The summed E-state index contributed by atoms with van der Waals surface area (Å²) in [5.41, 5.74) is 1.03. The Morgan fingerprint density at radius 3 is 2.32 bits per heavy atom. The number of aliphatic hydroxyl groups is 1. The number of carbonyl (C=O) groups excluding carboxylic acids is 1. The molecule has 0 saturated carbocycles. The molecule has 0 spiro atoms. The fourth-order valence-electron chi connectivity index (χ4n) is 2.55. The van der Waals surface area contributed by atoms with Gasteiger partial charge in [0.05, 0.1) is 12.3 Å². The Labute approximate surface area is 117 Å². The molecule has 0 bridgehead atoms. The zero-order valence-electron chi connectivity index (χ0n) is 13.1. The van der Waals surface area contributed by atoms with Gasteiger partial charge in [0.2, 0.25) is 6.29 Å². The molecule has 110 valence electrons. The molecule has 3 heteroatoms. The zero-order chi connectivity index (χ0) is 15.0. The number of hydrogen-bond donors (Lipinski definition) is 1. The van der Waals surface area contributed by atoms with Gasteiger partial charge in [0.15, 0.2) is 0 Å². The van der Waals surface area contributed by atoms with E-state index in [1.54, 1.807) is 0 Å². The van der Waals surface area contributed by atoms with E-state index in [1.807, 2.05) is 0 Å². The summed E-state index contributed by atoms with van der Waals surface area (Å²) in [6.45, 7) is 17.3. The van der Waals surface area contributed by atoms with Crippen molar-refractivity contribution in [3.8, 4) is 0 Å². The van der Waals surface area contributed by atoms with Gasteiger partial charge in [0.1, 0.15) is 0 Å². The maximum Gasteiger partial charge on any atom is 0.308 e. The number of hydrogen-bond acceptors (Lipinski definition) is 3. The van der Waals surface area contributed by atoms with Crippen molar-refractivity contribution in [1.82, 2.24) is 0 Å². The monoisotopic (exact) mass is 268 g/mol. The Hall–Kier alpha value is -0.830. The Balaban J connectivity index is 2.77. The van der Waals surface area contributed by atoms with Crippen molar-refractivity contribution in [2.24, 2.45) is 22.7 Å². The van der Waals surface area contributed by atoms with Gasteiger partial charge in [-0.1, -0.05) is 53.7 Å². The van der Waals surface area contributed by atoms with Crippen molar-refractivity contribution in [2.75, 3.05) is 0 Å². The summed E-state index contributed by atoms with van der Waals surface area (Å²) in [7, 11) is 0. The maximum absolute atomic E-state index is 11.3. The molecule has 1 N–H and O–H groups in total. The molecule has 0 aromatic rings. The Morgan fingerprint density at radius 2 is 1.95 bits per heavy atom. The smallest absolute Gasteiger partial charge is 0.308 e. The second-order valence-electron chi connectivity index (χ2n) is 7.57. The lowest BCUT2D eigenvalue weighted by atomic mass is 9.67. The van der Waals surface area contributed by atoms with Crippen LogP contribution in [0.4, 0.5) is 0 Å². The van der Waals surface area contributed by atoms with Gasteiger partial charge in [-0.2, -0.15) is 0 Å². The van der Waals surface area contributed by atoms with E-state index in [9.17, 15) is 9.90 Å². The summed E-state index contributed by atoms with van der Waals surface area (Å²) in [4.78, 5) is 11.3. The predicted molar refractivity (Wildman–Crippen MR) is 76.4 cm³/mol. The molecule has 0 aromatic carbocycles. The van der Waals surface area contributed by atoms with Crippen LogP contribution in [0, 0.1) is 22.7 Å². The first kappa shape index (κ1) is 16.2. The van der Waals surface area contributed by atoms with E-state index >= 15 is 0 Å². The van der Waals surface area contributed by atoms with Gasteiger partial charge in [-0.05, 0) is 23.2 Å². The molecule has 1 aliphatic heterocycles. The SMILES string of the molecule is C=C(C1CC(=O)OC1O)C(C)(C)CC(C)C(C)(C)C. The van der Waals surface area contributed by atoms with Crippen LogP contribution < -0.4 is 0 Å². The summed E-state index contributed by atoms with van der Waals surface area (Å²) in [5, 5.41) is 9.78. The third-order valence-corrected chi connectivity index (χ3v) is 4.59. The molecule has 0 aromatic heterocycles. The molecule has 1 aliphatic rings. The first-order valence-electron chi connectivity index (χ1n) is 7.02. The number of ether oxygens (including phenoxy) is 1. The molecule has 1 heterocycles. The van der Waals surface area contributed by atoms with E-state index in [2.05, 4.69) is 48.1 Å². The van der Waals surface area contributed by atoms with Gasteiger partial charge in [0, 0.05) is 0 Å².